The van der Waals surface area contributed by atoms with Crippen molar-refractivity contribution in [3.8, 4) is 10.6 Å². The lowest BCUT2D eigenvalue weighted by atomic mass is 10.1. The third kappa shape index (κ3) is 5.03. The van der Waals surface area contributed by atoms with Gasteiger partial charge in [-0.05, 0) is 45.1 Å². The largest absolute Gasteiger partial charge is 0.332 e. The highest BCUT2D eigenvalue weighted by Crippen LogP contribution is 2.28. The second kappa shape index (κ2) is 9.08. The topological polar surface area (TPSA) is 49.3 Å². The monoisotopic (exact) mass is 394 g/mol. The number of rotatable bonds is 7. The maximum atomic E-state index is 13.2. The van der Waals surface area contributed by atoms with Crippen molar-refractivity contribution < 1.29 is 4.79 Å². The van der Waals surface area contributed by atoms with E-state index in [0.29, 0.717) is 18.8 Å². The number of hydrogen-bond donors (Lipinski definition) is 0. The lowest BCUT2D eigenvalue weighted by Gasteiger charge is -2.23. The number of aromatic nitrogens is 2. The van der Waals surface area contributed by atoms with Crippen LogP contribution in [-0.2, 0) is 6.54 Å². The summed E-state index contributed by atoms with van der Waals surface area (Å²) in [6.07, 6.45) is 3.55. The summed E-state index contributed by atoms with van der Waals surface area (Å²) in [6, 6.07) is 10.2. The molecule has 0 atom stereocenters. The molecule has 2 aromatic heterocycles. The molecule has 0 saturated heterocycles. The van der Waals surface area contributed by atoms with E-state index in [-0.39, 0.29) is 5.91 Å². The summed E-state index contributed by atoms with van der Waals surface area (Å²) in [7, 11) is 4.02. The lowest BCUT2D eigenvalue weighted by Crippen LogP contribution is -2.36. The Hall–Kier alpha value is -2.57. The minimum absolute atomic E-state index is 0.0435. The van der Waals surface area contributed by atoms with Gasteiger partial charge in [0.05, 0.1) is 0 Å². The molecule has 5 nitrogen and oxygen atoms in total. The molecule has 0 N–H and O–H groups in total. The van der Waals surface area contributed by atoms with Crippen LogP contribution in [0.3, 0.4) is 0 Å². The number of benzene rings is 1. The van der Waals surface area contributed by atoms with Gasteiger partial charge in [-0.3, -0.25) is 9.78 Å². The van der Waals surface area contributed by atoms with Gasteiger partial charge in [0.2, 0.25) is 0 Å². The van der Waals surface area contributed by atoms with Crippen molar-refractivity contribution in [2.75, 3.05) is 27.2 Å². The van der Waals surface area contributed by atoms with Gasteiger partial charge in [-0.15, -0.1) is 11.3 Å². The molecule has 3 aromatic rings. The Morgan fingerprint density at radius 1 is 1.14 bits per heavy atom. The van der Waals surface area contributed by atoms with E-state index >= 15 is 0 Å². The van der Waals surface area contributed by atoms with Gasteiger partial charge in [0, 0.05) is 43.0 Å². The van der Waals surface area contributed by atoms with Crippen LogP contribution in [0.5, 0.6) is 0 Å². The first-order valence-corrected chi connectivity index (χ1v) is 10.2. The Balaban J connectivity index is 1.83. The Morgan fingerprint density at radius 3 is 2.64 bits per heavy atom. The van der Waals surface area contributed by atoms with Crippen LogP contribution < -0.4 is 0 Å². The number of likely N-dealkylation sites (N-methyl/N-ethyl adjacent to an activating group) is 1. The van der Waals surface area contributed by atoms with Crippen LogP contribution in [0.25, 0.3) is 10.6 Å². The van der Waals surface area contributed by atoms with E-state index in [1.54, 1.807) is 12.4 Å². The first kappa shape index (κ1) is 20.2. The van der Waals surface area contributed by atoms with Gasteiger partial charge in [0.1, 0.15) is 10.7 Å². The molecule has 1 amide bonds. The molecule has 0 saturated carbocycles. The Labute approximate surface area is 170 Å². The van der Waals surface area contributed by atoms with Gasteiger partial charge >= 0.3 is 0 Å². The van der Waals surface area contributed by atoms with Crippen LogP contribution in [0.1, 0.15) is 27.2 Å². The van der Waals surface area contributed by atoms with Crippen molar-refractivity contribution in [2.24, 2.45) is 0 Å². The Bertz CT molecular complexity index is 937. The summed E-state index contributed by atoms with van der Waals surface area (Å²) in [5.41, 5.74) is 5.00. The fourth-order valence-electron chi connectivity index (χ4n) is 3.00. The number of hydrogen-bond acceptors (Lipinski definition) is 5. The molecule has 6 heteroatoms. The summed E-state index contributed by atoms with van der Waals surface area (Å²) in [5, 5.41) is 2.75. The van der Waals surface area contributed by atoms with E-state index < -0.39 is 0 Å². The van der Waals surface area contributed by atoms with Crippen LogP contribution in [0.15, 0.2) is 48.1 Å². The number of nitrogens with zero attached hydrogens (tertiary/aromatic N) is 4. The molecule has 0 radical (unpaired) electrons. The van der Waals surface area contributed by atoms with Crippen LogP contribution in [-0.4, -0.2) is 52.9 Å². The summed E-state index contributed by atoms with van der Waals surface area (Å²) in [6.45, 7) is 6.11. The number of aryl methyl sites for hydroxylation is 2. The van der Waals surface area contributed by atoms with Crippen molar-refractivity contribution in [3.05, 3.63) is 70.5 Å². The minimum Gasteiger partial charge on any atom is -0.332 e. The zero-order valence-corrected chi connectivity index (χ0v) is 17.7. The van der Waals surface area contributed by atoms with E-state index in [1.165, 1.54) is 22.5 Å². The summed E-state index contributed by atoms with van der Waals surface area (Å²) in [5.74, 6) is -0.0435. The molecule has 1 aromatic carbocycles. The zero-order chi connectivity index (χ0) is 20.1. The second-order valence-corrected chi connectivity index (χ2v) is 8.11. The number of thiazole rings is 1. The third-order valence-corrected chi connectivity index (χ3v) is 5.41. The number of carbonyl (C=O) groups excluding carboxylic acids is 1. The van der Waals surface area contributed by atoms with Crippen molar-refractivity contribution in [1.82, 2.24) is 19.8 Å². The van der Waals surface area contributed by atoms with Gasteiger partial charge in [0.15, 0.2) is 0 Å². The molecule has 0 spiro atoms. The van der Waals surface area contributed by atoms with Crippen LogP contribution >= 0.6 is 11.3 Å². The summed E-state index contributed by atoms with van der Waals surface area (Å²) < 4.78 is 0. The molecular weight excluding hydrogens is 368 g/mol. The SMILES string of the molecule is Cc1ccc(-c2nc(C(=O)N(CCN(C)C)Cc3cccnc3)cs2)c(C)c1. The maximum Gasteiger partial charge on any atom is 0.273 e. The molecule has 0 fully saturated rings. The number of pyridine rings is 1. The van der Waals surface area contributed by atoms with Crippen LogP contribution in [0.2, 0.25) is 0 Å². The smallest absolute Gasteiger partial charge is 0.273 e. The average Bonchev–Trinajstić information content (AvgIpc) is 3.15. The fraction of sp³-hybridized carbons (Fsp3) is 0.318. The van der Waals surface area contributed by atoms with E-state index in [1.807, 2.05) is 36.5 Å². The normalized spacial score (nSPS) is 11.0. The summed E-state index contributed by atoms with van der Waals surface area (Å²) >= 11 is 1.52. The Morgan fingerprint density at radius 2 is 1.96 bits per heavy atom. The fourth-order valence-corrected chi connectivity index (χ4v) is 3.88. The molecule has 3 rings (SSSR count). The molecule has 0 bridgehead atoms. The molecule has 0 aliphatic heterocycles. The van der Waals surface area contributed by atoms with Gasteiger partial charge in [-0.2, -0.15) is 0 Å². The molecule has 0 aliphatic carbocycles. The second-order valence-electron chi connectivity index (χ2n) is 7.25. The van der Waals surface area contributed by atoms with Crippen LogP contribution in [0, 0.1) is 13.8 Å². The highest BCUT2D eigenvalue weighted by atomic mass is 32.1. The zero-order valence-electron chi connectivity index (χ0n) is 16.8. The molecule has 28 heavy (non-hydrogen) atoms. The quantitative estimate of drug-likeness (QED) is 0.607. The van der Waals surface area contributed by atoms with Gasteiger partial charge in [-0.25, -0.2) is 4.98 Å². The predicted octanol–water partition coefficient (Wildman–Crippen LogP) is 4.03. The maximum absolute atomic E-state index is 13.2. The minimum atomic E-state index is -0.0435. The van der Waals surface area contributed by atoms with E-state index in [2.05, 4.69) is 46.9 Å². The van der Waals surface area contributed by atoms with Crippen molar-refractivity contribution in [3.63, 3.8) is 0 Å². The van der Waals surface area contributed by atoms with Gasteiger partial charge in [-0.1, -0.05) is 29.8 Å². The van der Waals surface area contributed by atoms with E-state index in [4.69, 9.17) is 0 Å². The number of carbonyl (C=O) groups is 1. The highest BCUT2D eigenvalue weighted by Gasteiger charge is 2.20. The van der Waals surface area contributed by atoms with Gasteiger partial charge < -0.3 is 9.80 Å². The van der Waals surface area contributed by atoms with Crippen LogP contribution in [0.4, 0.5) is 0 Å². The molecule has 0 aliphatic rings. The average molecular weight is 395 g/mol. The molecule has 0 unspecified atom stereocenters. The first-order chi connectivity index (χ1) is 13.4. The molecular formula is C22H26N4OS. The highest BCUT2D eigenvalue weighted by molar-refractivity contribution is 7.13. The predicted molar refractivity (Wildman–Crippen MR) is 115 cm³/mol. The van der Waals surface area contributed by atoms with Gasteiger partial charge in [0.25, 0.3) is 5.91 Å². The van der Waals surface area contributed by atoms with Crippen molar-refractivity contribution in [2.45, 2.75) is 20.4 Å². The van der Waals surface area contributed by atoms with Crippen molar-refractivity contribution in [1.29, 1.82) is 0 Å². The molecule has 2 heterocycles. The first-order valence-electron chi connectivity index (χ1n) is 9.30. The van der Waals surface area contributed by atoms with Crippen molar-refractivity contribution >= 4 is 17.2 Å². The number of amides is 1. The third-order valence-electron chi connectivity index (χ3n) is 4.54. The van der Waals surface area contributed by atoms with E-state index in [9.17, 15) is 4.79 Å². The molecule has 146 valence electrons. The summed E-state index contributed by atoms with van der Waals surface area (Å²) in [4.78, 5) is 25.9. The van der Waals surface area contributed by atoms with E-state index in [0.717, 1.165) is 22.7 Å². The Kier molecular flexibility index (Phi) is 6.54. The standard InChI is InChI=1S/C22H26N4OS/c1-16-7-8-19(17(2)12-16)21-24-20(15-28-21)22(27)26(11-10-25(3)4)14-18-6-5-9-23-13-18/h5-9,12-13,15H,10-11,14H2,1-4H3. The lowest BCUT2D eigenvalue weighted by molar-refractivity contribution is 0.0727.